The minimum atomic E-state index is -0.772. The number of carbonyl (C=O) groups is 1. The minimum Gasteiger partial charge on any atom is -0.489 e. The molecule has 0 fully saturated rings. The largest absolute Gasteiger partial charge is 0.489 e. The summed E-state index contributed by atoms with van der Waals surface area (Å²) in [5.74, 6) is 0.0610. The van der Waals surface area contributed by atoms with Gasteiger partial charge in [0.05, 0.1) is 5.52 Å². The predicted octanol–water partition coefficient (Wildman–Crippen LogP) is 7.01. The molecule has 0 amide bonds. The van der Waals surface area contributed by atoms with Crippen LogP contribution in [0.3, 0.4) is 0 Å². The average Bonchev–Trinajstić information content (AvgIpc) is 3.29. The lowest BCUT2D eigenvalue weighted by molar-refractivity contribution is -0.136. The summed E-state index contributed by atoms with van der Waals surface area (Å²) in [6.07, 6.45) is 4.74. The molecule has 1 aromatic heterocycles. The average molecular weight is 476 g/mol. The summed E-state index contributed by atoms with van der Waals surface area (Å²) >= 11 is 0. The maximum absolute atomic E-state index is 11.1. The number of nitrogens with zero attached hydrogens (tertiary/aromatic N) is 1. The molecule has 36 heavy (non-hydrogen) atoms. The van der Waals surface area contributed by atoms with Crippen LogP contribution in [0.25, 0.3) is 16.6 Å². The van der Waals surface area contributed by atoms with Gasteiger partial charge in [0, 0.05) is 23.7 Å². The number of fused-ring (bicyclic) bond motifs is 1. The Morgan fingerprint density at radius 1 is 0.722 bits per heavy atom. The number of carboxylic acid groups (broad SMARTS) is 1. The van der Waals surface area contributed by atoms with Crippen LogP contribution >= 0.6 is 0 Å². The van der Waals surface area contributed by atoms with Gasteiger partial charge in [-0.3, -0.25) is 4.79 Å². The van der Waals surface area contributed by atoms with Gasteiger partial charge in [-0.2, -0.15) is 0 Å². The van der Waals surface area contributed by atoms with Crippen LogP contribution in [0.4, 0.5) is 0 Å². The number of hydrogen-bond acceptors (Lipinski definition) is 2. The molecule has 180 valence electrons. The number of rotatable bonds is 10. The topological polar surface area (TPSA) is 51.5 Å². The third kappa shape index (κ3) is 5.66. The lowest BCUT2D eigenvalue weighted by Gasteiger charge is -2.09. The van der Waals surface area contributed by atoms with E-state index in [1.54, 1.807) is 0 Å². The molecule has 1 N–H and O–H groups in total. The van der Waals surface area contributed by atoms with Crippen LogP contribution in [-0.4, -0.2) is 15.6 Å². The Morgan fingerprint density at radius 2 is 1.42 bits per heavy atom. The summed E-state index contributed by atoms with van der Waals surface area (Å²) < 4.78 is 8.19. The van der Waals surface area contributed by atoms with Crippen LogP contribution in [0, 0.1) is 0 Å². The fraction of sp³-hybridized carbons (Fsp3) is 0.156. The lowest BCUT2D eigenvalue weighted by atomic mass is 10.0. The molecule has 4 aromatic carbocycles. The van der Waals surface area contributed by atoms with Gasteiger partial charge in [-0.1, -0.05) is 66.7 Å². The van der Waals surface area contributed by atoms with Crippen LogP contribution < -0.4 is 4.74 Å². The number of benzene rings is 4. The Bertz CT molecular complexity index is 1440. The summed E-state index contributed by atoms with van der Waals surface area (Å²) in [5, 5.41) is 10.3. The van der Waals surface area contributed by atoms with E-state index in [1.165, 1.54) is 16.5 Å². The number of aromatic nitrogens is 1. The van der Waals surface area contributed by atoms with Gasteiger partial charge in [0.2, 0.25) is 0 Å². The zero-order valence-corrected chi connectivity index (χ0v) is 20.1. The van der Waals surface area contributed by atoms with Gasteiger partial charge < -0.3 is 14.4 Å². The first kappa shape index (κ1) is 23.4. The van der Waals surface area contributed by atoms with Gasteiger partial charge in [0.15, 0.2) is 0 Å². The monoisotopic (exact) mass is 475 g/mol. The third-order valence-electron chi connectivity index (χ3n) is 6.47. The first-order valence-corrected chi connectivity index (χ1v) is 12.3. The summed E-state index contributed by atoms with van der Waals surface area (Å²) in [6, 6.07) is 35.1. The van der Waals surface area contributed by atoms with Crippen LogP contribution in [0.5, 0.6) is 5.75 Å². The molecule has 5 aromatic rings. The molecule has 0 aliphatic heterocycles. The zero-order chi connectivity index (χ0) is 24.7. The van der Waals surface area contributed by atoms with Crippen molar-refractivity contribution in [1.82, 2.24) is 4.57 Å². The van der Waals surface area contributed by atoms with Gasteiger partial charge in [-0.15, -0.1) is 0 Å². The second-order valence-electron chi connectivity index (χ2n) is 9.02. The Balaban J connectivity index is 1.41. The van der Waals surface area contributed by atoms with Crippen molar-refractivity contribution in [2.75, 3.05) is 0 Å². The molecule has 0 aliphatic rings. The standard InChI is InChI=1S/C32H29NO3/c34-32(35)20-13-25-12-19-31-30(21-25)27(14-11-24-7-3-1-4-8-24)22-33(31)28-15-17-29(18-16-28)36-23-26-9-5-2-6-10-26/h1-10,12,15-19,21-22H,11,13-14,20,23H2,(H,34,35). The quantitative estimate of drug-likeness (QED) is 0.236. The van der Waals surface area contributed by atoms with Crippen molar-refractivity contribution in [2.45, 2.75) is 32.3 Å². The molecular formula is C32H29NO3. The van der Waals surface area contributed by atoms with Crippen molar-refractivity contribution < 1.29 is 14.6 Å². The van der Waals surface area contributed by atoms with E-state index in [0.717, 1.165) is 40.9 Å². The maximum Gasteiger partial charge on any atom is 0.303 e. The molecule has 0 atom stereocenters. The maximum atomic E-state index is 11.1. The minimum absolute atomic E-state index is 0.135. The van der Waals surface area contributed by atoms with Crippen molar-refractivity contribution in [3.8, 4) is 11.4 Å². The fourth-order valence-corrected chi connectivity index (χ4v) is 4.53. The molecule has 0 aliphatic carbocycles. The Hall–Kier alpha value is -4.31. The Labute approximate surface area is 211 Å². The highest BCUT2D eigenvalue weighted by atomic mass is 16.5. The number of aliphatic carboxylic acids is 1. The SMILES string of the molecule is O=C(O)CCc1ccc2c(c1)c(CCc1ccccc1)cn2-c1ccc(OCc2ccccc2)cc1. The summed E-state index contributed by atoms with van der Waals surface area (Å²) in [4.78, 5) is 11.1. The molecular weight excluding hydrogens is 446 g/mol. The van der Waals surface area contributed by atoms with Gasteiger partial charge in [-0.05, 0) is 77.9 Å². The van der Waals surface area contributed by atoms with Gasteiger partial charge in [0.25, 0.3) is 0 Å². The summed E-state index contributed by atoms with van der Waals surface area (Å²) in [5.41, 5.74) is 6.94. The van der Waals surface area contributed by atoms with Crippen LogP contribution in [0.15, 0.2) is 109 Å². The summed E-state index contributed by atoms with van der Waals surface area (Å²) in [7, 11) is 0. The molecule has 0 spiro atoms. The number of carboxylic acids is 1. The van der Waals surface area contributed by atoms with E-state index in [1.807, 2.05) is 42.5 Å². The van der Waals surface area contributed by atoms with Gasteiger partial charge >= 0.3 is 5.97 Å². The first-order chi connectivity index (χ1) is 17.7. The summed E-state index contributed by atoms with van der Waals surface area (Å²) in [6.45, 7) is 0.537. The van der Waals surface area contributed by atoms with E-state index in [4.69, 9.17) is 9.84 Å². The molecule has 0 saturated heterocycles. The highest BCUT2D eigenvalue weighted by molar-refractivity contribution is 5.86. The predicted molar refractivity (Wildman–Crippen MR) is 144 cm³/mol. The third-order valence-corrected chi connectivity index (χ3v) is 6.47. The molecule has 0 radical (unpaired) electrons. The van der Waals surface area contributed by atoms with Crippen LogP contribution in [-0.2, 0) is 30.7 Å². The second kappa shape index (κ2) is 11.0. The zero-order valence-electron chi connectivity index (χ0n) is 20.1. The van der Waals surface area contributed by atoms with E-state index in [2.05, 4.69) is 71.4 Å². The van der Waals surface area contributed by atoms with E-state index in [0.29, 0.717) is 13.0 Å². The molecule has 1 heterocycles. The van der Waals surface area contributed by atoms with Crippen LogP contribution in [0.1, 0.15) is 28.7 Å². The fourth-order valence-electron chi connectivity index (χ4n) is 4.53. The number of ether oxygens (including phenoxy) is 1. The Kier molecular flexibility index (Phi) is 7.13. The van der Waals surface area contributed by atoms with Gasteiger partial charge in [-0.25, -0.2) is 0 Å². The molecule has 4 nitrogen and oxygen atoms in total. The first-order valence-electron chi connectivity index (χ1n) is 12.3. The van der Waals surface area contributed by atoms with Crippen molar-refractivity contribution in [1.29, 1.82) is 0 Å². The Morgan fingerprint density at radius 3 is 2.11 bits per heavy atom. The lowest BCUT2D eigenvalue weighted by Crippen LogP contribution is -1.98. The van der Waals surface area contributed by atoms with E-state index in [9.17, 15) is 4.79 Å². The normalized spacial score (nSPS) is 11.0. The molecule has 0 saturated carbocycles. The van der Waals surface area contributed by atoms with E-state index < -0.39 is 5.97 Å². The highest BCUT2D eigenvalue weighted by Crippen LogP contribution is 2.29. The number of hydrogen-bond donors (Lipinski definition) is 1. The van der Waals surface area contributed by atoms with Crippen molar-refractivity contribution in [3.05, 3.63) is 132 Å². The van der Waals surface area contributed by atoms with E-state index >= 15 is 0 Å². The molecule has 5 rings (SSSR count). The molecule has 0 bridgehead atoms. The van der Waals surface area contributed by atoms with Crippen molar-refractivity contribution in [2.24, 2.45) is 0 Å². The molecule has 0 unspecified atom stereocenters. The van der Waals surface area contributed by atoms with Crippen molar-refractivity contribution in [3.63, 3.8) is 0 Å². The van der Waals surface area contributed by atoms with Crippen LogP contribution in [0.2, 0.25) is 0 Å². The highest BCUT2D eigenvalue weighted by Gasteiger charge is 2.12. The molecule has 4 heteroatoms. The smallest absolute Gasteiger partial charge is 0.303 e. The van der Waals surface area contributed by atoms with E-state index in [-0.39, 0.29) is 6.42 Å². The number of aryl methyl sites for hydroxylation is 3. The second-order valence-corrected chi connectivity index (χ2v) is 9.02. The van der Waals surface area contributed by atoms with Crippen molar-refractivity contribution >= 4 is 16.9 Å². The van der Waals surface area contributed by atoms with Gasteiger partial charge in [0.1, 0.15) is 12.4 Å².